The Morgan fingerprint density at radius 1 is 1.24 bits per heavy atom. The summed E-state index contributed by atoms with van der Waals surface area (Å²) in [5.74, 6) is 2.81. The van der Waals surface area contributed by atoms with E-state index < -0.39 is 0 Å². The van der Waals surface area contributed by atoms with Gasteiger partial charge in [0.15, 0.2) is 5.82 Å². The number of aromatic nitrogens is 5. The summed E-state index contributed by atoms with van der Waals surface area (Å²) in [6.07, 6.45) is 7.51. The van der Waals surface area contributed by atoms with E-state index in [9.17, 15) is 4.79 Å². The third-order valence-electron chi connectivity index (χ3n) is 6.24. The average Bonchev–Trinajstić information content (AvgIpc) is 3.36. The van der Waals surface area contributed by atoms with Gasteiger partial charge in [0.1, 0.15) is 11.6 Å². The van der Waals surface area contributed by atoms with Crippen LogP contribution < -0.4 is 0 Å². The van der Waals surface area contributed by atoms with Crippen molar-refractivity contribution in [3.8, 4) is 11.4 Å². The molecule has 1 saturated heterocycles. The smallest absolute Gasteiger partial charge is 0.223 e. The Balaban J connectivity index is 1.36. The van der Waals surface area contributed by atoms with E-state index in [0.717, 1.165) is 60.0 Å². The van der Waals surface area contributed by atoms with Gasteiger partial charge in [0, 0.05) is 48.9 Å². The van der Waals surface area contributed by atoms with Crippen molar-refractivity contribution in [1.29, 1.82) is 0 Å². The lowest BCUT2D eigenvalue weighted by atomic mass is 10.1. The molecule has 150 valence electrons. The van der Waals surface area contributed by atoms with Gasteiger partial charge in [-0.2, -0.15) is 0 Å². The van der Waals surface area contributed by atoms with E-state index >= 15 is 0 Å². The third-order valence-corrected chi connectivity index (χ3v) is 6.24. The van der Waals surface area contributed by atoms with Crippen molar-refractivity contribution in [2.24, 2.45) is 0 Å². The molecule has 0 aliphatic carbocycles. The summed E-state index contributed by atoms with van der Waals surface area (Å²) in [5.41, 5.74) is 2.89. The summed E-state index contributed by atoms with van der Waals surface area (Å²) in [4.78, 5) is 19.5. The molecule has 2 atom stereocenters. The second-order valence-electron chi connectivity index (χ2n) is 7.98. The molecule has 2 unspecified atom stereocenters. The van der Waals surface area contributed by atoms with Crippen LogP contribution >= 0.6 is 0 Å². The number of nitrogens with zero attached hydrogens (tertiary/aromatic N) is 6. The largest absolute Gasteiger partial charge is 0.361 e. The van der Waals surface area contributed by atoms with Crippen LogP contribution in [-0.2, 0) is 24.2 Å². The molecule has 2 bridgehead atoms. The predicted molar refractivity (Wildman–Crippen MR) is 105 cm³/mol. The van der Waals surface area contributed by atoms with E-state index in [4.69, 9.17) is 4.52 Å². The van der Waals surface area contributed by atoms with Gasteiger partial charge < -0.3 is 14.0 Å². The molecule has 2 aliphatic heterocycles. The Morgan fingerprint density at radius 3 is 2.86 bits per heavy atom. The quantitative estimate of drug-likeness (QED) is 0.678. The van der Waals surface area contributed by atoms with Crippen molar-refractivity contribution >= 4 is 5.91 Å². The molecule has 3 aromatic heterocycles. The topological polar surface area (TPSA) is 89.9 Å². The van der Waals surface area contributed by atoms with Gasteiger partial charge in [-0.05, 0) is 45.2 Å². The van der Waals surface area contributed by atoms with Crippen molar-refractivity contribution in [2.75, 3.05) is 0 Å². The molecule has 0 spiro atoms. The van der Waals surface area contributed by atoms with Crippen LogP contribution in [0.25, 0.3) is 11.4 Å². The SMILES string of the molecule is Cc1noc(C)c1CCC(=O)N1C2CCC1Cn1c(nnc1-c1cccnc1)C2. The number of aryl methyl sites for hydroxylation is 2. The lowest BCUT2D eigenvalue weighted by molar-refractivity contribution is -0.134. The summed E-state index contributed by atoms with van der Waals surface area (Å²) >= 11 is 0. The maximum absolute atomic E-state index is 13.2. The summed E-state index contributed by atoms with van der Waals surface area (Å²) in [6.45, 7) is 4.57. The van der Waals surface area contributed by atoms with E-state index in [1.165, 1.54) is 0 Å². The van der Waals surface area contributed by atoms with Crippen LogP contribution in [-0.4, -0.2) is 47.8 Å². The first-order valence-electron chi connectivity index (χ1n) is 10.2. The molecule has 2 aliphatic rings. The summed E-state index contributed by atoms with van der Waals surface area (Å²) in [6, 6.07) is 4.29. The van der Waals surface area contributed by atoms with Gasteiger partial charge in [0.05, 0.1) is 11.7 Å². The Labute approximate surface area is 168 Å². The van der Waals surface area contributed by atoms with Crippen molar-refractivity contribution in [3.63, 3.8) is 0 Å². The first kappa shape index (κ1) is 18.0. The number of carbonyl (C=O) groups is 1. The van der Waals surface area contributed by atoms with Gasteiger partial charge in [-0.25, -0.2) is 0 Å². The second kappa shape index (κ2) is 7.09. The fraction of sp³-hybridized carbons (Fsp3) is 0.476. The van der Waals surface area contributed by atoms with Crippen molar-refractivity contribution in [2.45, 2.75) is 64.6 Å². The molecular weight excluding hydrogens is 368 g/mol. The van der Waals surface area contributed by atoms with Gasteiger partial charge in [-0.15, -0.1) is 10.2 Å². The number of rotatable bonds is 4. The Kier molecular flexibility index (Phi) is 4.41. The number of carbonyl (C=O) groups excluding carboxylic acids is 1. The van der Waals surface area contributed by atoms with Crippen molar-refractivity contribution in [1.82, 2.24) is 29.8 Å². The minimum absolute atomic E-state index is 0.185. The highest BCUT2D eigenvalue weighted by Gasteiger charge is 2.41. The lowest BCUT2D eigenvalue weighted by Gasteiger charge is -2.28. The van der Waals surface area contributed by atoms with Gasteiger partial charge in [0.2, 0.25) is 5.91 Å². The zero-order chi connectivity index (χ0) is 20.0. The summed E-state index contributed by atoms with van der Waals surface area (Å²) < 4.78 is 7.41. The van der Waals surface area contributed by atoms with E-state index in [1.54, 1.807) is 6.20 Å². The molecule has 0 radical (unpaired) electrons. The fourth-order valence-electron chi connectivity index (χ4n) is 4.78. The number of fused-ring (bicyclic) bond motifs is 3. The third kappa shape index (κ3) is 3.12. The van der Waals surface area contributed by atoms with Gasteiger partial charge in [-0.1, -0.05) is 5.16 Å². The Bertz CT molecular complexity index is 1020. The molecule has 5 heterocycles. The van der Waals surface area contributed by atoms with Crippen LogP contribution in [0.15, 0.2) is 29.0 Å². The van der Waals surface area contributed by atoms with Gasteiger partial charge in [0.25, 0.3) is 0 Å². The highest BCUT2D eigenvalue weighted by atomic mass is 16.5. The number of pyridine rings is 1. The molecule has 1 amide bonds. The van der Waals surface area contributed by atoms with Gasteiger partial charge >= 0.3 is 0 Å². The van der Waals surface area contributed by atoms with Crippen LogP contribution in [0.5, 0.6) is 0 Å². The predicted octanol–water partition coefficient (Wildman–Crippen LogP) is 2.49. The first-order chi connectivity index (χ1) is 14.1. The molecule has 8 nitrogen and oxygen atoms in total. The van der Waals surface area contributed by atoms with E-state index in [-0.39, 0.29) is 18.0 Å². The zero-order valence-electron chi connectivity index (χ0n) is 16.7. The molecule has 3 aromatic rings. The van der Waals surface area contributed by atoms with Crippen LogP contribution in [0, 0.1) is 13.8 Å². The maximum atomic E-state index is 13.2. The monoisotopic (exact) mass is 392 g/mol. The minimum Gasteiger partial charge on any atom is -0.361 e. The number of hydrogen-bond donors (Lipinski definition) is 0. The average molecular weight is 392 g/mol. The standard InChI is InChI=1S/C21H24N6O2/c1-13-18(14(2)29-25-13)7-8-20(28)27-16-5-6-17(27)12-26-19(10-16)23-24-21(26)15-4-3-9-22-11-15/h3-4,9,11,16-17H,5-8,10,12H2,1-2H3. The zero-order valence-corrected chi connectivity index (χ0v) is 16.7. The highest BCUT2D eigenvalue weighted by Crippen LogP contribution is 2.33. The molecule has 29 heavy (non-hydrogen) atoms. The second-order valence-corrected chi connectivity index (χ2v) is 7.98. The molecule has 1 fully saturated rings. The number of amides is 1. The fourth-order valence-corrected chi connectivity index (χ4v) is 4.78. The maximum Gasteiger partial charge on any atom is 0.223 e. The normalized spacial score (nSPS) is 20.6. The van der Waals surface area contributed by atoms with E-state index in [0.29, 0.717) is 12.8 Å². The Hall–Kier alpha value is -3.03. The van der Waals surface area contributed by atoms with Crippen LogP contribution in [0.3, 0.4) is 0 Å². The summed E-state index contributed by atoms with van der Waals surface area (Å²) in [7, 11) is 0. The van der Waals surface area contributed by atoms with Crippen LogP contribution in [0.1, 0.15) is 42.1 Å². The first-order valence-corrected chi connectivity index (χ1v) is 10.2. The van der Waals surface area contributed by atoms with Crippen molar-refractivity contribution < 1.29 is 9.32 Å². The molecule has 0 aromatic carbocycles. The molecule has 0 saturated carbocycles. The minimum atomic E-state index is 0.185. The van der Waals surface area contributed by atoms with Crippen molar-refractivity contribution in [3.05, 3.63) is 47.4 Å². The number of hydrogen-bond acceptors (Lipinski definition) is 6. The molecule has 8 heteroatoms. The highest BCUT2D eigenvalue weighted by molar-refractivity contribution is 5.77. The van der Waals surface area contributed by atoms with Crippen LogP contribution in [0.4, 0.5) is 0 Å². The summed E-state index contributed by atoms with van der Waals surface area (Å²) in [5, 5.41) is 12.9. The molecular formula is C21H24N6O2. The van der Waals surface area contributed by atoms with Gasteiger partial charge in [-0.3, -0.25) is 9.78 Å². The lowest BCUT2D eigenvalue weighted by Crippen LogP contribution is -2.42. The Morgan fingerprint density at radius 2 is 2.10 bits per heavy atom. The van der Waals surface area contributed by atoms with E-state index in [1.807, 2.05) is 32.2 Å². The molecule has 5 rings (SSSR count). The van der Waals surface area contributed by atoms with E-state index in [2.05, 4.69) is 29.8 Å². The van der Waals surface area contributed by atoms with Crippen LogP contribution in [0.2, 0.25) is 0 Å². The molecule has 0 N–H and O–H groups in total.